The summed E-state index contributed by atoms with van der Waals surface area (Å²) < 4.78 is 0. The van der Waals surface area contributed by atoms with E-state index in [0.717, 1.165) is 0 Å². The van der Waals surface area contributed by atoms with Gasteiger partial charge in [-0.05, 0) is 6.07 Å². The number of carbonyl (C=O) groups excluding carboxylic acids is 1. The number of rotatable bonds is 4. The zero-order valence-corrected chi connectivity index (χ0v) is 7.21. The SMILES string of the molecule is [B]C(C=O)Nc1ccccc1[N+](=O)[O-]. The summed E-state index contributed by atoms with van der Waals surface area (Å²) in [6.45, 7) is 0. The van der Waals surface area contributed by atoms with Gasteiger partial charge in [0.1, 0.15) is 19.8 Å². The minimum absolute atomic E-state index is 0.107. The van der Waals surface area contributed by atoms with Gasteiger partial charge >= 0.3 is 0 Å². The van der Waals surface area contributed by atoms with E-state index < -0.39 is 10.9 Å². The minimum atomic E-state index is -0.934. The number of benzene rings is 1. The zero-order chi connectivity index (χ0) is 10.6. The highest BCUT2D eigenvalue weighted by atomic mass is 16.6. The molecule has 1 N–H and O–H groups in total. The second-order valence-electron chi connectivity index (χ2n) is 2.58. The summed E-state index contributed by atoms with van der Waals surface area (Å²) in [5.41, 5.74) is 0.127. The summed E-state index contributed by atoms with van der Waals surface area (Å²) in [5, 5.41) is 13.0. The summed E-state index contributed by atoms with van der Waals surface area (Å²) in [5.74, 6) is -0.934. The lowest BCUT2D eigenvalue weighted by Gasteiger charge is -2.08. The van der Waals surface area contributed by atoms with Crippen molar-refractivity contribution in [1.29, 1.82) is 0 Å². The summed E-state index contributed by atoms with van der Waals surface area (Å²) >= 11 is 0. The molecule has 0 bridgehead atoms. The van der Waals surface area contributed by atoms with Crippen LogP contribution in [0.3, 0.4) is 0 Å². The molecule has 0 heterocycles. The van der Waals surface area contributed by atoms with Crippen LogP contribution < -0.4 is 5.32 Å². The lowest BCUT2D eigenvalue weighted by molar-refractivity contribution is -0.384. The van der Waals surface area contributed by atoms with Crippen LogP contribution in [0.2, 0.25) is 0 Å². The predicted octanol–water partition coefficient (Wildman–Crippen LogP) is 0.700. The Balaban J connectivity index is 2.95. The van der Waals surface area contributed by atoms with Gasteiger partial charge in [0.15, 0.2) is 0 Å². The molecular weight excluding hydrogens is 183 g/mol. The first-order chi connectivity index (χ1) is 6.65. The topological polar surface area (TPSA) is 72.2 Å². The van der Waals surface area contributed by atoms with E-state index in [-0.39, 0.29) is 11.4 Å². The van der Waals surface area contributed by atoms with Crippen LogP contribution in [0, 0.1) is 10.1 Å². The van der Waals surface area contributed by atoms with Crippen molar-refractivity contribution in [3.05, 3.63) is 34.4 Å². The van der Waals surface area contributed by atoms with Gasteiger partial charge in [0, 0.05) is 12.0 Å². The smallest absolute Gasteiger partial charge is 0.292 e. The van der Waals surface area contributed by atoms with E-state index in [1.165, 1.54) is 18.2 Å². The maximum atomic E-state index is 10.5. The molecule has 0 aliphatic heterocycles. The first-order valence-corrected chi connectivity index (χ1v) is 3.86. The molecule has 0 aromatic heterocycles. The van der Waals surface area contributed by atoms with Gasteiger partial charge in [-0.2, -0.15) is 0 Å². The fourth-order valence-electron chi connectivity index (χ4n) is 0.968. The molecule has 0 saturated carbocycles. The maximum absolute atomic E-state index is 10.5. The van der Waals surface area contributed by atoms with Gasteiger partial charge in [-0.3, -0.25) is 10.1 Å². The lowest BCUT2D eigenvalue weighted by atomic mass is 9.98. The predicted molar refractivity (Wildman–Crippen MR) is 52.3 cm³/mol. The molecule has 70 valence electrons. The Labute approximate surface area is 81.7 Å². The monoisotopic (exact) mass is 190 g/mol. The van der Waals surface area contributed by atoms with Crippen molar-refractivity contribution in [1.82, 2.24) is 0 Å². The van der Waals surface area contributed by atoms with E-state index >= 15 is 0 Å². The third-order valence-electron chi connectivity index (χ3n) is 1.57. The quantitative estimate of drug-likeness (QED) is 0.328. The van der Waals surface area contributed by atoms with E-state index in [4.69, 9.17) is 7.85 Å². The van der Waals surface area contributed by atoms with Crippen LogP contribution in [0.4, 0.5) is 11.4 Å². The Morgan fingerprint density at radius 2 is 2.14 bits per heavy atom. The van der Waals surface area contributed by atoms with Gasteiger partial charge in [0.25, 0.3) is 5.69 Å². The average molecular weight is 190 g/mol. The lowest BCUT2D eigenvalue weighted by Crippen LogP contribution is -2.21. The highest BCUT2D eigenvalue weighted by Gasteiger charge is 2.12. The third-order valence-corrected chi connectivity index (χ3v) is 1.57. The number of nitrogens with zero attached hydrogens (tertiary/aromatic N) is 1. The number of nitro groups is 1. The van der Waals surface area contributed by atoms with Gasteiger partial charge in [-0.15, -0.1) is 0 Å². The van der Waals surface area contributed by atoms with E-state index in [9.17, 15) is 14.9 Å². The number of nitrogens with one attached hydrogen (secondary N) is 1. The van der Waals surface area contributed by atoms with Crippen molar-refractivity contribution in [3.8, 4) is 0 Å². The standard InChI is InChI=1S/C8H7BN2O3/c9-8(5-12)10-6-3-1-2-4-7(6)11(13)14/h1-5,8,10H. The molecule has 0 aliphatic rings. The Morgan fingerprint density at radius 1 is 1.50 bits per heavy atom. The van der Waals surface area contributed by atoms with E-state index in [1.54, 1.807) is 6.07 Å². The molecule has 0 aliphatic carbocycles. The minimum Gasteiger partial charge on any atom is -0.379 e. The molecule has 0 saturated heterocycles. The number of carbonyl (C=O) groups is 1. The Morgan fingerprint density at radius 3 is 2.71 bits per heavy atom. The fourth-order valence-corrected chi connectivity index (χ4v) is 0.968. The summed E-state index contributed by atoms with van der Waals surface area (Å²) in [4.78, 5) is 20.2. The second kappa shape index (κ2) is 4.41. The van der Waals surface area contributed by atoms with Gasteiger partial charge in [0.2, 0.25) is 0 Å². The van der Waals surface area contributed by atoms with Crippen LogP contribution in [0.5, 0.6) is 0 Å². The first kappa shape index (κ1) is 10.2. The number of para-hydroxylation sites is 2. The molecule has 6 heteroatoms. The van der Waals surface area contributed by atoms with Crippen molar-refractivity contribution < 1.29 is 9.72 Å². The molecule has 2 radical (unpaired) electrons. The molecule has 0 spiro atoms. The van der Waals surface area contributed by atoms with E-state index in [2.05, 4.69) is 5.32 Å². The average Bonchev–Trinajstić information content (AvgIpc) is 2.18. The first-order valence-electron chi connectivity index (χ1n) is 3.86. The van der Waals surface area contributed by atoms with Crippen molar-refractivity contribution in [2.75, 3.05) is 5.32 Å². The van der Waals surface area contributed by atoms with Gasteiger partial charge in [0.05, 0.1) is 4.92 Å². The highest BCUT2D eigenvalue weighted by Crippen LogP contribution is 2.23. The summed E-state index contributed by atoms with van der Waals surface area (Å²) in [6.07, 6.45) is 0.469. The molecule has 1 aromatic rings. The molecule has 0 amide bonds. The number of anilines is 1. The molecule has 1 aromatic carbocycles. The number of hydrogen-bond donors (Lipinski definition) is 1. The molecular formula is C8H7BN2O3. The molecule has 1 unspecified atom stereocenters. The van der Waals surface area contributed by atoms with E-state index in [0.29, 0.717) is 6.29 Å². The number of aldehydes is 1. The normalized spacial score (nSPS) is 11.7. The van der Waals surface area contributed by atoms with Crippen LogP contribution in [0.1, 0.15) is 0 Å². The molecule has 1 rings (SSSR count). The van der Waals surface area contributed by atoms with Crippen molar-refractivity contribution in [2.45, 2.75) is 5.94 Å². The van der Waals surface area contributed by atoms with Gasteiger partial charge in [-0.25, -0.2) is 0 Å². The van der Waals surface area contributed by atoms with Gasteiger partial charge < -0.3 is 10.1 Å². The van der Waals surface area contributed by atoms with Gasteiger partial charge in [-0.1, -0.05) is 12.1 Å². The Hall–Kier alpha value is -1.85. The van der Waals surface area contributed by atoms with Crippen molar-refractivity contribution in [2.24, 2.45) is 0 Å². The third kappa shape index (κ3) is 2.32. The largest absolute Gasteiger partial charge is 0.379 e. The van der Waals surface area contributed by atoms with Crippen LogP contribution in [0.25, 0.3) is 0 Å². The number of nitro benzene ring substituents is 1. The zero-order valence-electron chi connectivity index (χ0n) is 7.21. The maximum Gasteiger partial charge on any atom is 0.292 e. The van der Waals surface area contributed by atoms with Crippen LogP contribution in [-0.4, -0.2) is 25.0 Å². The fraction of sp³-hybridized carbons (Fsp3) is 0.125. The van der Waals surface area contributed by atoms with Crippen molar-refractivity contribution in [3.63, 3.8) is 0 Å². The second-order valence-corrected chi connectivity index (χ2v) is 2.58. The summed E-state index contributed by atoms with van der Waals surface area (Å²) in [7, 11) is 5.27. The van der Waals surface area contributed by atoms with Crippen LogP contribution in [0.15, 0.2) is 24.3 Å². The van der Waals surface area contributed by atoms with E-state index in [1.807, 2.05) is 0 Å². The molecule has 14 heavy (non-hydrogen) atoms. The van der Waals surface area contributed by atoms with Crippen molar-refractivity contribution >= 4 is 25.5 Å². The Kier molecular flexibility index (Phi) is 3.22. The highest BCUT2D eigenvalue weighted by molar-refractivity contribution is 6.21. The summed E-state index contributed by atoms with van der Waals surface area (Å²) in [6, 6.07) is 5.98. The molecule has 0 fully saturated rings. The number of hydrogen-bond acceptors (Lipinski definition) is 4. The Bertz CT molecular complexity index is 356. The molecule has 1 atom stereocenters. The molecule has 5 nitrogen and oxygen atoms in total. The van der Waals surface area contributed by atoms with Crippen LogP contribution >= 0.6 is 0 Å². The van der Waals surface area contributed by atoms with Crippen LogP contribution in [-0.2, 0) is 4.79 Å².